The van der Waals surface area contributed by atoms with Gasteiger partial charge in [0.2, 0.25) is 0 Å². The first-order chi connectivity index (χ1) is 6.00. The van der Waals surface area contributed by atoms with E-state index in [-0.39, 0.29) is 0 Å². The van der Waals surface area contributed by atoms with Gasteiger partial charge in [0.25, 0.3) is 0 Å². The van der Waals surface area contributed by atoms with Crippen LogP contribution in [0.2, 0.25) is 0 Å². The first kappa shape index (κ1) is 13.0. The van der Waals surface area contributed by atoms with Crippen molar-refractivity contribution in [1.29, 1.82) is 0 Å². The first-order valence-electron chi connectivity index (χ1n) is 6.00. The molecule has 1 unspecified atom stereocenters. The molecular weight excluding hydrogens is 156 g/mol. The predicted molar refractivity (Wildman–Crippen MR) is 61.9 cm³/mol. The van der Waals surface area contributed by atoms with Crippen molar-refractivity contribution in [2.75, 3.05) is 0 Å². The highest BCUT2D eigenvalue weighted by Gasteiger charge is 2.31. The van der Waals surface area contributed by atoms with Crippen LogP contribution in [0.25, 0.3) is 0 Å². The van der Waals surface area contributed by atoms with Gasteiger partial charge in [-0.25, -0.2) is 0 Å². The van der Waals surface area contributed by atoms with Gasteiger partial charge >= 0.3 is 0 Å². The quantitative estimate of drug-likeness (QED) is 0.551. The molecule has 0 rings (SSSR count). The van der Waals surface area contributed by atoms with Crippen molar-refractivity contribution >= 4 is 0 Å². The highest BCUT2D eigenvalue weighted by Crippen LogP contribution is 2.40. The lowest BCUT2D eigenvalue weighted by atomic mass is 9.67. The fourth-order valence-electron chi connectivity index (χ4n) is 2.55. The molecule has 0 aliphatic heterocycles. The monoisotopic (exact) mass is 184 g/mol. The predicted octanol–water partition coefficient (Wildman–Crippen LogP) is 4.89. The van der Waals surface area contributed by atoms with E-state index in [4.69, 9.17) is 0 Å². The molecule has 80 valence electrons. The fourth-order valence-corrected chi connectivity index (χ4v) is 2.55. The molecule has 0 radical (unpaired) electrons. The van der Waals surface area contributed by atoms with Crippen LogP contribution >= 0.6 is 0 Å². The summed E-state index contributed by atoms with van der Waals surface area (Å²) in [5, 5.41) is 0. The van der Waals surface area contributed by atoms with Crippen molar-refractivity contribution in [3.63, 3.8) is 0 Å². The molecule has 0 aromatic heterocycles. The molecule has 1 atom stereocenters. The lowest BCUT2D eigenvalue weighted by Gasteiger charge is -2.39. The summed E-state index contributed by atoms with van der Waals surface area (Å²) >= 11 is 0. The van der Waals surface area contributed by atoms with Gasteiger partial charge in [0.05, 0.1) is 0 Å². The molecule has 0 heteroatoms. The SMILES string of the molecule is CCCC(C)C(C)(C)C(CC)CC. The maximum atomic E-state index is 2.45. The molecule has 0 aliphatic carbocycles. The van der Waals surface area contributed by atoms with Crippen LogP contribution in [0.5, 0.6) is 0 Å². The third kappa shape index (κ3) is 3.32. The molecule has 0 fully saturated rings. The lowest BCUT2D eigenvalue weighted by Crippen LogP contribution is -2.30. The normalized spacial score (nSPS) is 15.0. The minimum Gasteiger partial charge on any atom is -0.0654 e. The smallest absolute Gasteiger partial charge is 0.0300 e. The van der Waals surface area contributed by atoms with Crippen LogP contribution in [0.15, 0.2) is 0 Å². The largest absolute Gasteiger partial charge is 0.0654 e. The zero-order valence-corrected chi connectivity index (χ0v) is 10.5. The third-order valence-corrected chi connectivity index (χ3v) is 4.03. The van der Waals surface area contributed by atoms with Crippen LogP contribution in [0.3, 0.4) is 0 Å². The molecule has 0 heterocycles. The summed E-state index contributed by atoms with van der Waals surface area (Å²) < 4.78 is 0. The molecule has 0 aromatic rings. The van der Waals surface area contributed by atoms with Crippen LogP contribution in [-0.4, -0.2) is 0 Å². The van der Waals surface area contributed by atoms with Crippen molar-refractivity contribution in [2.45, 2.75) is 67.2 Å². The molecule has 0 spiro atoms. The van der Waals surface area contributed by atoms with Crippen LogP contribution in [0, 0.1) is 17.3 Å². The maximum Gasteiger partial charge on any atom is -0.0300 e. The Labute approximate surface area is 85.1 Å². The van der Waals surface area contributed by atoms with Gasteiger partial charge in [-0.05, 0) is 17.3 Å². The van der Waals surface area contributed by atoms with E-state index in [1.807, 2.05) is 0 Å². The van der Waals surface area contributed by atoms with Crippen molar-refractivity contribution < 1.29 is 0 Å². The molecule has 0 saturated heterocycles. The Morgan fingerprint density at radius 1 is 1.00 bits per heavy atom. The summed E-state index contributed by atoms with van der Waals surface area (Å²) in [5.74, 6) is 1.76. The van der Waals surface area contributed by atoms with E-state index in [2.05, 4.69) is 41.5 Å². The second-order valence-corrected chi connectivity index (χ2v) is 5.02. The van der Waals surface area contributed by atoms with E-state index in [9.17, 15) is 0 Å². The Bertz CT molecular complexity index is 120. The molecule has 0 aliphatic rings. The van der Waals surface area contributed by atoms with Gasteiger partial charge in [0.1, 0.15) is 0 Å². The second kappa shape index (κ2) is 5.67. The Morgan fingerprint density at radius 2 is 1.46 bits per heavy atom. The van der Waals surface area contributed by atoms with Gasteiger partial charge in [-0.15, -0.1) is 0 Å². The highest BCUT2D eigenvalue weighted by atomic mass is 14.4. The third-order valence-electron chi connectivity index (χ3n) is 4.03. The summed E-state index contributed by atoms with van der Waals surface area (Å²) in [7, 11) is 0. The molecule has 13 heavy (non-hydrogen) atoms. The average Bonchev–Trinajstić information content (AvgIpc) is 2.06. The highest BCUT2D eigenvalue weighted by molar-refractivity contribution is 4.81. The van der Waals surface area contributed by atoms with Gasteiger partial charge in [0.15, 0.2) is 0 Å². The summed E-state index contributed by atoms with van der Waals surface area (Å²) in [6.07, 6.45) is 5.36. The number of hydrogen-bond donors (Lipinski definition) is 0. The Balaban J connectivity index is 4.32. The lowest BCUT2D eigenvalue weighted by molar-refractivity contribution is 0.110. The van der Waals surface area contributed by atoms with Crippen LogP contribution in [0.1, 0.15) is 67.2 Å². The summed E-state index contributed by atoms with van der Waals surface area (Å²) in [6.45, 7) is 14.3. The number of hydrogen-bond acceptors (Lipinski definition) is 0. The summed E-state index contributed by atoms with van der Waals surface area (Å²) in [6, 6.07) is 0. The minimum atomic E-state index is 0.527. The van der Waals surface area contributed by atoms with E-state index in [1.54, 1.807) is 0 Å². The molecule has 0 saturated carbocycles. The van der Waals surface area contributed by atoms with Crippen LogP contribution < -0.4 is 0 Å². The first-order valence-corrected chi connectivity index (χ1v) is 6.00. The van der Waals surface area contributed by atoms with Crippen molar-refractivity contribution in [1.82, 2.24) is 0 Å². The molecule has 0 aromatic carbocycles. The molecule has 0 N–H and O–H groups in total. The van der Waals surface area contributed by atoms with Crippen LogP contribution in [-0.2, 0) is 0 Å². The van der Waals surface area contributed by atoms with E-state index < -0.39 is 0 Å². The van der Waals surface area contributed by atoms with Gasteiger partial charge < -0.3 is 0 Å². The minimum absolute atomic E-state index is 0.527. The Hall–Kier alpha value is 0. The molecule has 0 bridgehead atoms. The van der Waals surface area contributed by atoms with Crippen molar-refractivity contribution in [3.05, 3.63) is 0 Å². The zero-order valence-electron chi connectivity index (χ0n) is 10.5. The summed E-state index contributed by atoms with van der Waals surface area (Å²) in [4.78, 5) is 0. The van der Waals surface area contributed by atoms with Crippen LogP contribution in [0.4, 0.5) is 0 Å². The van der Waals surface area contributed by atoms with Crippen molar-refractivity contribution in [2.24, 2.45) is 17.3 Å². The fraction of sp³-hybridized carbons (Fsp3) is 1.00. The van der Waals surface area contributed by atoms with Gasteiger partial charge in [-0.1, -0.05) is 67.2 Å². The van der Waals surface area contributed by atoms with Gasteiger partial charge in [0, 0.05) is 0 Å². The summed E-state index contributed by atoms with van der Waals surface area (Å²) in [5.41, 5.74) is 0.527. The average molecular weight is 184 g/mol. The Morgan fingerprint density at radius 3 is 1.77 bits per heavy atom. The molecular formula is C13H28. The van der Waals surface area contributed by atoms with E-state index in [0.717, 1.165) is 11.8 Å². The number of rotatable bonds is 6. The molecule has 0 nitrogen and oxygen atoms in total. The van der Waals surface area contributed by atoms with E-state index >= 15 is 0 Å². The van der Waals surface area contributed by atoms with Gasteiger partial charge in [-0.3, -0.25) is 0 Å². The van der Waals surface area contributed by atoms with Gasteiger partial charge in [-0.2, -0.15) is 0 Å². The van der Waals surface area contributed by atoms with Crippen molar-refractivity contribution in [3.8, 4) is 0 Å². The standard InChI is InChI=1S/C13H28/c1-7-10-11(4)13(5,6)12(8-2)9-3/h11-12H,7-10H2,1-6H3. The topological polar surface area (TPSA) is 0 Å². The molecule has 0 amide bonds. The Kier molecular flexibility index (Phi) is 5.67. The zero-order chi connectivity index (χ0) is 10.5. The van der Waals surface area contributed by atoms with E-state index in [1.165, 1.54) is 25.7 Å². The second-order valence-electron chi connectivity index (χ2n) is 5.02. The maximum absolute atomic E-state index is 2.45. The van der Waals surface area contributed by atoms with E-state index in [0.29, 0.717) is 5.41 Å².